The number of rotatable bonds is 9. The molecule has 3 N–H and O–H groups in total. The summed E-state index contributed by atoms with van der Waals surface area (Å²) in [7, 11) is -4.75. The van der Waals surface area contributed by atoms with Gasteiger partial charge in [0.05, 0.1) is 24.1 Å². The van der Waals surface area contributed by atoms with Crippen molar-refractivity contribution in [3.8, 4) is 11.5 Å². The highest BCUT2D eigenvalue weighted by molar-refractivity contribution is 7.89. The molecule has 0 aliphatic carbocycles. The Kier molecular flexibility index (Phi) is 8.32. The van der Waals surface area contributed by atoms with Gasteiger partial charge in [-0.2, -0.15) is 26.3 Å². The van der Waals surface area contributed by atoms with E-state index in [1.54, 1.807) is 0 Å². The molecule has 0 radical (unpaired) electrons. The van der Waals surface area contributed by atoms with Crippen LogP contribution >= 0.6 is 11.6 Å². The van der Waals surface area contributed by atoms with Crippen LogP contribution in [0.5, 0.6) is 11.5 Å². The fourth-order valence-electron chi connectivity index (χ4n) is 2.76. The van der Waals surface area contributed by atoms with Gasteiger partial charge in [-0.05, 0) is 36.4 Å². The molecule has 0 aliphatic rings. The monoisotopic (exact) mass is 534 g/mol. The molecule has 0 bridgehead atoms. The Morgan fingerprint density at radius 2 is 1.50 bits per heavy atom. The largest absolute Gasteiger partial charge is 0.478 e. The van der Waals surface area contributed by atoms with Gasteiger partial charge < -0.3 is 14.7 Å². The summed E-state index contributed by atoms with van der Waals surface area (Å²) >= 11 is 5.77. The number of anilines is 1. The molecule has 34 heavy (non-hydrogen) atoms. The summed E-state index contributed by atoms with van der Waals surface area (Å²) in [6.07, 6.45) is -12.7. The summed E-state index contributed by atoms with van der Waals surface area (Å²) in [4.78, 5) is 11.1. The molecule has 0 aliphatic heterocycles. The van der Waals surface area contributed by atoms with E-state index in [-0.39, 0.29) is 10.8 Å². The van der Waals surface area contributed by atoms with Crippen molar-refractivity contribution in [3.05, 3.63) is 47.0 Å². The molecule has 0 fully saturated rings. The first-order valence-corrected chi connectivity index (χ1v) is 11.1. The lowest BCUT2D eigenvalue weighted by molar-refractivity contribution is -0.135. The van der Waals surface area contributed by atoms with Gasteiger partial charge in [-0.3, -0.25) is 0 Å². The van der Waals surface area contributed by atoms with Crippen LogP contribution in [0.25, 0.3) is 0 Å². The van der Waals surface area contributed by atoms with Crippen LogP contribution < -0.4 is 14.8 Å². The Morgan fingerprint density at radius 3 is 1.91 bits per heavy atom. The maximum atomic E-state index is 12.9. The van der Waals surface area contributed by atoms with Gasteiger partial charge in [0, 0.05) is 18.1 Å². The lowest BCUT2D eigenvalue weighted by atomic mass is 10.1. The van der Waals surface area contributed by atoms with Gasteiger partial charge in [-0.15, -0.1) is 0 Å². The number of primary sulfonamides is 1. The van der Waals surface area contributed by atoms with Gasteiger partial charge in [-0.25, -0.2) is 18.4 Å². The van der Waals surface area contributed by atoms with Crippen LogP contribution in [0.4, 0.5) is 32.0 Å². The second-order valence-corrected chi connectivity index (χ2v) is 8.91. The van der Waals surface area contributed by atoms with Gasteiger partial charge in [0.2, 0.25) is 10.0 Å². The van der Waals surface area contributed by atoms with Crippen LogP contribution in [-0.4, -0.2) is 44.9 Å². The van der Waals surface area contributed by atoms with Crippen molar-refractivity contribution < 1.29 is 49.4 Å². The fraction of sp³-hybridized carbons (Fsp3) is 0.316. The first-order valence-electron chi connectivity index (χ1n) is 9.22. The standard InChI is InChI=1S/C19H17ClF6N2O5S/c20-12-1-3-13(4-2-12)33-16-14(9-11(17(29)30)10-15(16)34(27,31)32)28(7-5-18(21,22)23)8-6-19(24,25)26/h1-4,9-10H,5-8H2,(H,29,30)(H2,27,31,32). The predicted molar refractivity (Wildman–Crippen MR) is 110 cm³/mol. The molecular weight excluding hydrogens is 518 g/mol. The summed E-state index contributed by atoms with van der Waals surface area (Å²) in [5, 5.41) is 14.7. The van der Waals surface area contributed by atoms with E-state index in [1.807, 2.05) is 0 Å². The average Bonchev–Trinajstić information content (AvgIpc) is 2.67. The molecule has 2 aromatic rings. The fourth-order valence-corrected chi connectivity index (χ4v) is 3.58. The summed E-state index contributed by atoms with van der Waals surface area (Å²) in [6.45, 7) is -2.10. The SMILES string of the molecule is NS(=O)(=O)c1cc(C(=O)O)cc(N(CCC(F)(F)F)CCC(F)(F)F)c1Oc1ccc(Cl)cc1. The minimum absolute atomic E-state index is 0.0924. The second-order valence-electron chi connectivity index (χ2n) is 6.95. The number of nitrogens with two attached hydrogens (primary N) is 1. The Labute approximate surface area is 194 Å². The highest BCUT2D eigenvalue weighted by Crippen LogP contribution is 2.40. The molecule has 0 atom stereocenters. The van der Waals surface area contributed by atoms with Gasteiger partial charge >= 0.3 is 18.3 Å². The van der Waals surface area contributed by atoms with Crippen LogP contribution in [-0.2, 0) is 10.0 Å². The molecule has 0 heterocycles. The summed E-state index contributed by atoms with van der Waals surface area (Å²) < 4.78 is 107. The smallest absolute Gasteiger partial charge is 0.390 e. The maximum absolute atomic E-state index is 12.9. The maximum Gasteiger partial charge on any atom is 0.390 e. The van der Waals surface area contributed by atoms with Crippen molar-refractivity contribution in [3.63, 3.8) is 0 Å². The molecule has 15 heteroatoms. The molecular formula is C19H17ClF6N2O5S. The highest BCUT2D eigenvalue weighted by Gasteiger charge is 2.33. The molecule has 0 unspecified atom stereocenters. The van der Waals surface area contributed by atoms with Crippen molar-refractivity contribution in [2.75, 3.05) is 18.0 Å². The Balaban J connectivity index is 2.74. The van der Waals surface area contributed by atoms with E-state index in [0.29, 0.717) is 11.0 Å². The second kappa shape index (κ2) is 10.3. The first kappa shape index (κ1) is 27.5. The zero-order chi connectivity index (χ0) is 25.9. The number of carboxylic acids is 1. The van der Waals surface area contributed by atoms with E-state index in [9.17, 15) is 44.7 Å². The van der Waals surface area contributed by atoms with E-state index in [4.69, 9.17) is 21.5 Å². The van der Waals surface area contributed by atoms with Crippen LogP contribution in [0, 0.1) is 0 Å². The number of carboxylic acid groups (broad SMARTS) is 1. The number of alkyl halides is 6. The third-order valence-corrected chi connectivity index (χ3v) is 5.46. The van der Waals surface area contributed by atoms with E-state index in [2.05, 4.69) is 0 Å². The number of carbonyl (C=O) groups is 1. The Hall–Kier alpha value is -2.71. The average molecular weight is 535 g/mol. The van der Waals surface area contributed by atoms with E-state index < -0.39 is 76.2 Å². The minimum Gasteiger partial charge on any atom is -0.478 e. The number of benzene rings is 2. The third kappa shape index (κ3) is 8.25. The summed E-state index contributed by atoms with van der Waals surface area (Å²) in [6, 6.07) is 6.46. The number of sulfonamides is 1. The third-order valence-electron chi connectivity index (χ3n) is 4.29. The van der Waals surface area contributed by atoms with Gasteiger partial charge in [0.1, 0.15) is 10.6 Å². The summed E-state index contributed by atoms with van der Waals surface area (Å²) in [5.41, 5.74) is -1.38. The van der Waals surface area contributed by atoms with Crippen LogP contribution in [0.2, 0.25) is 5.02 Å². The van der Waals surface area contributed by atoms with E-state index >= 15 is 0 Å². The summed E-state index contributed by atoms with van der Waals surface area (Å²) in [5.74, 6) is -2.53. The Morgan fingerprint density at radius 1 is 1.00 bits per heavy atom. The van der Waals surface area contributed by atoms with Crippen molar-refractivity contribution in [2.45, 2.75) is 30.1 Å². The van der Waals surface area contributed by atoms with Crippen LogP contribution in [0.3, 0.4) is 0 Å². The van der Waals surface area contributed by atoms with Crippen molar-refractivity contribution >= 4 is 33.3 Å². The Bertz CT molecular complexity index is 1120. The molecule has 7 nitrogen and oxygen atoms in total. The molecule has 0 aromatic heterocycles. The number of hydrogen-bond donors (Lipinski definition) is 2. The zero-order valence-corrected chi connectivity index (χ0v) is 18.5. The highest BCUT2D eigenvalue weighted by atomic mass is 35.5. The molecule has 0 saturated heterocycles. The van der Waals surface area contributed by atoms with Crippen molar-refractivity contribution in [2.24, 2.45) is 5.14 Å². The zero-order valence-electron chi connectivity index (χ0n) is 17.0. The van der Waals surface area contributed by atoms with Gasteiger partial charge in [0.15, 0.2) is 5.75 Å². The number of ether oxygens (including phenoxy) is 1. The van der Waals surface area contributed by atoms with Crippen molar-refractivity contribution in [1.29, 1.82) is 0 Å². The molecule has 188 valence electrons. The molecule has 2 aromatic carbocycles. The molecule has 2 rings (SSSR count). The quantitative estimate of drug-likeness (QED) is 0.429. The van der Waals surface area contributed by atoms with Gasteiger partial charge in [-0.1, -0.05) is 11.6 Å². The molecule has 0 spiro atoms. The predicted octanol–water partition coefficient (Wildman–Crippen LogP) is 5.19. The molecule has 0 saturated carbocycles. The van der Waals surface area contributed by atoms with E-state index in [0.717, 1.165) is 6.07 Å². The lowest BCUT2D eigenvalue weighted by Crippen LogP contribution is -2.32. The van der Waals surface area contributed by atoms with Crippen LogP contribution in [0.1, 0.15) is 23.2 Å². The first-order chi connectivity index (χ1) is 15.5. The number of halogens is 7. The van der Waals surface area contributed by atoms with Crippen LogP contribution in [0.15, 0.2) is 41.3 Å². The van der Waals surface area contributed by atoms with Crippen molar-refractivity contribution in [1.82, 2.24) is 0 Å². The number of nitrogens with zero attached hydrogens (tertiary/aromatic N) is 1. The van der Waals surface area contributed by atoms with Gasteiger partial charge in [0.25, 0.3) is 0 Å². The van der Waals surface area contributed by atoms with E-state index in [1.165, 1.54) is 24.3 Å². The number of hydrogen-bond acceptors (Lipinski definition) is 5. The normalized spacial score (nSPS) is 12.5. The molecule has 0 amide bonds. The number of aromatic carboxylic acids is 1. The lowest BCUT2D eigenvalue weighted by Gasteiger charge is -2.29. The topological polar surface area (TPSA) is 110 Å². The minimum atomic E-state index is -4.78.